The van der Waals surface area contributed by atoms with Crippen LogP contribution in [0.15, 0.2) is 65.4 Å². The molecule has 3 rings (SSSR count). The highest BCUT2D eigenvalue weighted by Gasteiger charge is 2.31. The SMILES string of the molecule is CCCC1=NN(c2cccc(C(=O)O)c2)C(=O)/C1=C/Nc1ccccc1CC. The van der Waals surface area contributed by atoms with Gasteiger partial charge in [-0.2, -0.15) is 10.1 Å². The predicted octanol–water partition coefficient (Wildman–Crippen LogP) is 4.45. The summed E-state index contributed by atoms with van der Waals surface area (Å²) in [4.78, 5) is 24.2. The van der Waals surface area contributed by atoms with Gasteiger partial charge in [-0.25, -0.2) is 4.79 Å². The molecular weight excluding hydrogens is 354 g/mol. The van der Waals surface area contributed by atoms with Crippen LogP contribution in [0.4, 0.5) is 11.4 Å². The van der Waals surface area contributed by atoms with Crippen LogP contribution in [0.25, 0.3) is 0 Å². The standard InChI is InChI=1S/C22H23N3O3/c1-3-8-20-18(14-23-19-12-6-5-9-15(19)4-2)21(26)25(24-20)17-11-7-10-16(13-17)22(27)28/h5-7,9-14,23H,3-4,8H2,1-2H3,(H,27,28)/b18-14+. The number of nitrogens with one attached hydrogen (secondary N) is 1. The number of nitrogens with zero attached hydrogens (tertiary/aromatic N) is 2. The molecule has 0 radical (unpaired) electrons. The summed E-state index contributed by atoms with van der Waals surface area (Å²) < 4.78 is 0. The Morgan fingerprint density at radius 1 is 1.18 bits per heavy atom. The van der Waals surface area contributed by atoms with Crippen molar-refractivity contribution in [2.75, 3.05) is 10.3 Å². The number of hydrazone groups is 1. The second-order valence-corrected chi connectivity index (χ2v) is 6.48. The molecule has 2 N–H and O–H groups in total. The Bertz CT molecular complexity index is 963. The molecule has 0 saturated carbocycles. The highest BCUT2D eigenvalue weighted by molar-refractivity contribution is 6.30. The van der Waals surface area contributed by atoms with Gasteiger partial charge in [0.1, 0.15) is 0 Å². The first-order valence-electron chi connectivity index (χ1n) is 9.35. The molecule has 6 heteroatoms. The van der Waals surface area contributed by atoms with Crippen molar-refractivity contribution in [1.82, 2.24) is 0 Å². The van der Waals surface area contributed by atoms with Crippen LogP contribution in [0.5, 0.6) is 0 Å². The first-order valence-corrected chi connectivity index (χ1v) is 9.35. The van der Waals surface area contributed by atoms with E-state index in [-0.39, 0.29) is 11.5 Å². The van der Waals surface area contributed by atoms with Gasteiger partial charge in [0, 0.05) is 11.9 Å². The van der Waals surface area contributed by atoms with Gasteiger partial charge in [-0.1, -0.05) is 44.5 Å². The summed E-state index contributed by atoms with van der Waals surface area (Å²) in [6.07, 6.45) is 4.08. The Labute approximate surface area is 164 Å². The lowest BCUT2D eigenvalue weighted by Gasteiger charge is -2.12. The van der Waals surface area contributed by atoms with Crippen molar-refractivity contribution in [3.05, 3.63) is 71.4 Å². The molecule has 1 amide bonds. The van der Waals surface area contributed by atoms with E-state index < -0.39 is 5.97 Å². The fourth-order valence-corrected chi connectivity index (χ4v) is 3.09. The molecule has 0 bridgehead atoms. The van der Waals surface area contributed by atoms with E-state index in [0.29, 0.717) is 23.4 Å². The number of amides is 1. The summed E-state index contributed by atoms with van der Waals surface area (Å²) in [5.41, 5.74) is 3.85. The molecule has 2 aromatic carbocycles. The van der Waals surface area contributed by atoms with E-state index >= 15 is 0 Å². The largest absolute Gasteiger partial charge is 0.478 e. The Balaban J connectivity index is 1.92. The first kappa shape index (κ1) is 19.4. The van der Waals surface area contributed by atoms with Crippen LogP contribution in [0.1, 0.15) is 42.6 Å². The van der Waals surface area contributed by atoms with Crippen molar-refractivity contribution in [3.63, 3.8) is 0 Å². The predicted molar refractivity (Wildman–Crippen MR) is 111 cm³/mol. The summed E-state index contributed by atoms with van der Waals surface area (Å²) in [6, 6.07) is 14.2. The monoisotopic (exact) mass is 377 g/mol. The van der Waals surface area contributed by atoms with Crippen LogP contribution in [0, 0.1) is 0 Å². The van der Waals surface area contributed by atoms with Crippen LogP contribution < -0.4 is 10.3 Å². The number of rotatable bonds is 7. The minimum Gasteiger partial charge on any atom is -0.478 e. The quantitative estimate of drug-likeness (QED) is 0.699. The lowest BCUT2D eigenvalue weighted by atomic mass is 10.1. The normalized spacial score (nSPS) is 15.1. The highest BCUT2D eigenvalue weighted by atomic mass is 16.4. The molecular formula is C22H23N3O3. The van der Waals surface area contributed by atoms with Crippen molar-refractivity contribution < 1.29 is 14.7 Å². The third kappa shape index (κ3) is 3.96. The fraction of sp³-hybridized carbons (Fsp3) is 0.227. The van der Waals surface area contributed by atoms with Crippen molar-refractivity contribution in [1.29, 1.82) is 0 Å². The molecule has 1 heterocycles. The number of anilines is 2. The molecule has 144 valence electrons. The van der Waals surface area contributed by atoms with E-state index in [1.807, 2.05) is 31.2 Å². The van der Waals surface area contributed by atoms with Crippen molar-refractivity contribution in [3.8, 4) is 0 Å². The first-order chi connectivity index (χ1) is 13.5. The molecule has 2 aromatic rings. The summed E-state index contributed by atoms with van der Waals surface area (Å²) in [5, 5.41) is 18.2. The number of para-hydroxylation sites is 1. The van der Waals surface area contributed by atoms with E-state index in [9.17, 15) is 14.7 Å². The molecule has 0 unspecified atom stereocenters. The Morgan fingerprint density at radius 3 is 2.68 bits per heavy atom. The van der Waals surface area contributed by atoms with E-state index in [2.05, 4.69) is 17.3 Å². The smallest absolute Gasteiger partial charge is 0.335 e. The van der Waals surface area contributed by atoms with E-state index in [0.717, 1.165) is 24.1 Å². The molecule has 28 heavy (non-hydrogen) atoms. The molecule has 0 aliphatic carbocycles. The lowest BCUT2D eigenvalue weighted by Crippen LogP contribution is -2.22. The Kier molecular flexibility index (Phi) is 5.89. The Hall–Kier alpha value is -3.41. The zero-order valence-corrected chi connectivity index (χ0v) is 16.0. The summed E-state index contributed by atoms with van der Waals surface area (Å²) in [7, 11) is 0. The average molecular weight is 377 g/mol. The molecule has 0 saturated heterocycles. The number of benzene rings is 2. The molecule has 0 fully saturated rings. The zero-order valence-electron chi connectivity index (χ0n) is 16.0. The molecule has 0 atom stereocenters. The lowest BCUT2D eigenvalue weighted by molar-refractivity contribution is -0.114. The van der Waals surface area contributed by atoms with Gasteiger partial charge < -0.3 is 10.4 Å². The minimum atomic E-state index is -1.04. The molecule has 1 aliphatic heterocycles. The maximum atomic E-state index is 13.0. The summed E-state index contributed by atoms with van der Waals surface area (Å²) >= 11 is 0. The molecule has 0 spiro atoms. The van der Waals surface area contributed by atoms with E-state index in [1.165, 1.54) is 17.1 Å². The van der Waals surface area contributed by atoms with Crippen LogP contribution in [-0.4, -0.2) is 22.7 Å². The second-order valence-electron chi connectivity index (χ2n) is 6.48. The maximum absolute atomic E-state index is 13.0. The zero-order chi connectivity index (χ0) is 20.1. The summed E-state index contributed by atoms with van der Waals surface area (Å²) in [5.74, 6) is -1.31. The number of hydrogen-bond donors (Lipinski definition) is 2. The topological polar surface area (TPSA) is 82.0 Å². The second kappa shape index (κ2) is 8.52. The van der Waals surface area contributed by atoms with Gasteiger partial charge in [-0.15, -0.1) is 0 Å². The number of carboxylic acids is 1. The number of aryl methyl sites for hydroxylation is 1. The van der Waals surface area contributed by atoms with Crippen LogP contribution in [-0.2, 0) is 11.2 Å². The van der Waals surface area contributed by atoms with Crippen LogP contribution in [0.2, 0.25) is 0 Å². The minimum absolute atomic E-state index is 0.116. The maximum Gasteiger partial charge on any atom is 0.335 e. The summed E-state index contributed by atoms with van der Waals surface area (Å²) in [6.45, 7) is 4.10. The van der Waals surface area contributed by atoms with Gasteiger partial charge in [-0.3, -0.25) is 4.79 Å². The number of hydrogen-bond acceptors (Lipinski definition) is 4. The van der Waals surface area contributed by atoms with Crippen molar-refractivity contribution >= 4 is 29.0 Å². The molecule has 0 aromatic heterocycles. The van der Waals surface area contributed by atoms with Crippen LogP contribution >= 0.6 is 0 Å². The van der Waals surface area contributed by atoms with Gasteiger partial charge in [0.25, 0.3) is 5.91 Å². The molecule has 6 nitrogen and oxygen atoms in total. The van der Waals surface area contributed by atoms with Crippen molar-refractivity contribution in [2.24, 2.45) is 5.10 Å². The van der Waals surface area contributed by atoms with Gasteiger partial charge in [0.05, 0.1) is 22.5 Å². The highest BCUT2D eigenvalue weighted by Crippen LogP contribution is 2.26. The number of carbonyl (C=O) groups is 2. The molecule has 1 aliphatic rings. The van der Waals surface area contributed by atoms with Gasteiger partial charge in [-0.05, 0) is 42.7 Å². The van der Waals surface area contributed by atoms with E-state index in [4.69, 9.17) is 0 Å². The fourth-order valence-electron chi connectivity index (χ4n) is 3.09. The van der Waals surface area contributed by atoms with Gasteiger partial charge >= 0.3 is 5.97 Å². The van der Waals surface area contributed by atoms with Gasteiger partial charge in [0.2, 0.25) is 0 Å². The third-order valence-electron chi connectivity index (χ3n) is 4.55. The Morgan fingerprint density at radius 2 is 1.96 bits per heavy atom. The number of carboxylic acid groups (broad SMARTS) is 1. The van der Waals surface area contributed by atoms with Gasteiger partial charge in [0.15, 0.2) is 0 Å². The number of carbonyl (C=O) groups excluding carboxylic acids is 1. The van der Waals surface area contributed by atoms with Crippen molar-refractivity contribution in [2.45, 2.75) is 33.1 Å². The average Bonchev–Trinajstić information content (AvgIpc) is 3.02. The third-order valence-corrected chi connectivity index (χ3v) is 4.55. The van der Waals surface area contributed by atoms with E-state index in [1.54, 1.807) is 18.3 Å². The number of aromatic carboxylic acids is 1. The van der Waals surface area contributed by atoms with Crippen LogP contribution in [0.3, 0.4) is 0 Å².